The van der Waals surface area contributed by atoms with Gasteiger partial charge in [0.1, 0.15) is 22.8 Å². The number of para-hydroxylation sites is 2. The Balaban J connectivity index is 1.57. The topological polar surface area (TPSA) is 123 Å². The van der Waals surface area contributed by atoms with Gasteiger partial charge in [-0.1, -0.05) is 28.1 Å². The van der Waals surface area contributed by atoms with Crippen molar-refractivity contribution in [2.24, 2.45) is 0 Å². The van der Waals surface area contributed by atoms with E-state index in [1.165, 1.54) is 32.4 Å². The maximum Gasteiger partial charge on any atom is 0.335 e. The third-order valence-electron chi connectivity index (χ3n) is 5.44. The van der Waals surface area contributed by atoms with Gasteiger partial charge in [-0.15, -0.1) is 0 Å². The second-order valence-electron chi connectivity index (χ2n) is 7.88. The van der Waals surface area contributed by atoms with Crippen molar-refractivity contribution < 1.29 is 33.4 Å². The third kappa shape index (κ3) is 5.84. The Morgan fingerprint density at radius 1 is 0.974 bits per heavy atom. The first kappa shape index (κ1) is 26.4. The maximum atomic E-state index is 13.2. The quantitative estimate of drug-likeness (QED) is 0.303. The standard InChI is InChI=1S/C27H22BrN3O7/c1-36-19-10-8-18(9-11-19)31-26(34)20(25(33)30-27(31)35)14-16-13-17(28)7-12-22(16)38-15-24(32)29-21-5-3-4-6-23(21)37-2/h3-14H,15H2,1-2H3,(H,29,32)(H,30,33,35)/b20-14+. The number of nitrogens with one attached hydrogen (secondary N) is 2. The molecule has 194 valence electrons. The van der Waals surface area contributed by atoms with E-state index in [1.807, 2.05) is 0 Å². The van der Waals surface area contributed by atoms with Gasteiger partial charge < -0.3 is 19.5 Å². The Hall–Kier alpha value is -4.64. The van der Waals surface area contributed by atoms with Crippen LogP contribution in [0.2, 0.25) is 0 Å². The molecule has 3 aromatic rings. The van der Waals surface area contributed by atoms with Crippen LogP contribution in [-0.4, -0.2) is 44.6 Å². The zero-order chi connectivity index (χ0) is 27.2. The zero-order valence-corrected chi connectivity index (χ0v) is 21.9. The Labute approximate surface area is 226 Å². The number of hydrogen-bond donors (Lipinski definition) is 2. The second kappa shape index (κ2) is 11.6. The lowest BCUT2D eigenvalue weighted by molar-refractivity contribution is -0.122. The van der Waals surface area contributed by atoms with Gasteiger partial charge in [-0.05, 0) is 60.7 Å². The molecule has 11 heteroatoms. The lowest BCUT2D eigenvalue weighted by Gasteiger charge is -2.26. The van der Waals surface area contributed by atoms with Crippen LogP contribution < -0.4 is 29.7 Å². The van der Waals surface area contributed by atoms with Crippen LogP contribution in [0.5, 0.6) is 17.2 Å². The van der Waals surface area contributed by atoms with Crippen LogP contribution in [0.15, 0.2) is 76.8 Å². The SMILES string of the molecule is COc1ccc(N2C(=O)NC(=O)/C(=C\c3cc(Br)ccc3OCC(=O)Nc3ccccc3OC)C2=O)cc1. The van der Waals surface area contributed by atoms with Gasteiger partial charge in [0.15, 0.2) is 6.61 Å². The highest BCUT2D eigenvalue weighted by atomic mass is 79.9. The van der Waals surface area contributed by atoms with Crippen molar-refractivity contribution in [1.82, 2.24) is 5.32 Å². The highest BCUT2D eigenvalue weighted by Gasteiger charge is 2.37. The molecule has 0 atom stereocenters. The lowest BCUT2D eigenvalue weighted by atomic mass is 10.1. The predicted octanol–water partition coefficient (Wildman–Crippen LogP) is 4.15. The van der Waals surface area contributed by atoms with Crippen molar-refractivity contribution in [3.05, 3.63) is 82.3 Å². The summed E-state index contributed by atoms with van der Waals surface area (Å²) in [6, 6.07) is 17.2. The van der Waals surface area contributed by atoms with Crippen LogP contribution in [-0.2, 0) is 14.4 Å². The normalized spacial score (nSPS) is 14.2. The van der Waals surface area contributed by atoms with Gasteiger partial charge in [0.05, 0.1) is 25.6 Å². The van der Waals surface area contributed by atoms with Crippen LogP contribution in [0.4, 0.5) is 16.2 Å². The average molecular weight is 580 g/mol. The van der Waals surface area contributed by atoms with Crippen LogP contribution in [0, 0.1) is 0 Å². The summed E-state index contributed by atoms with van der Waals surface area (Å²) in [5.74, 6) is -0.847. The summed E-state index contributed by atoms with van der Waals surface area (Å²) in [6.07, 6.45) is 1.30. The molecule has 1 heterocycles. The molecular weight excluding hydrogens is 558 g/mol. The molecule has 10 nitrogen and oxygen atoms in total. The summed E-state index contributed by atoms with van der Waals surface area (Å²) in [5.41, 5.74) is 0.786. The number of rotatable bonds is 8. The summed E-state index contributed by atoms with van der Waals surface area (Å²) in [4.78, 5) is 51.7. The van der Waals surface area contributed by atoms with Crippen LogP contribution in [0.25, 0.3) is 6.08 Å². The monoisotopic (exact) mass is 579 g/mol. The van der Waals surface area contributed by atoms with E-state index in [-0.39, 0.29) is 23.6 Å². The Morgan fingerprint density at radius 2 is 1.71 bits per heavy atom. The summed E-state index contributed by atoms with van der Waals surface area (Å²) < 4.78 is 16.7. The number of amides is 5. The minimum atomic E-state index is -0.874. The molecule has 38 heavy (non-hydrogen) atoms. The lowest BCUT2D eigenvalue weighted by Crippen LogP contribution is -2.54. The third-order valence-corrected chi connectivity index (χ3v) is 5.94. The molecule has 1 aliphatic heterocycles. The molecule has 0 bridgehead atoms. The number of nitrogens with zero attached hydrogens (tertiary/aromatic N) is 1. The molecule has 5 amide bonds. The smallest absolute Gasteiger partial charge is 0.335 e. The van der Waals surface area contributed by atoms with Gasteiger partial charge in [0.2, 0.25) is 0 Å². The molecule has 0 saturated carbocycles. The molecule has 2 N–H and O–H groups in total. The van der Waals surface area contributed by atoms with E-state index < -0.39 is 23.8 Å². The average Bonchev–Trinajstić information content (AvgIpc) is 2.91. The van der Waals surface area contributed by atoms with Crippen molar-refractivity contribution in [3.63, 3.8) is 0 Å². The minimum absolute atomic E-state index is 0.240. The first-order valence-electron chi connectivity index (χ1n) is 11.2. The summed E-state index contributed by atoms with van der Waals surface area (Å²) >= 11 is 3.36. The summed E-state index contributed by atoms with van der Waals surface area (Å²) in [6.45, 7) is -0.355. The van der Waals surface area contributed by atoms with Crippen LogP contribution in [0.3, 0.4) is 0 Å². The first-order valence-corrected chi connectivity index (χ1v) is 12.0. The van der Waals surface area contributed by atoms with Gasteiger partial charge in [-0.25, -0.2) is 9.69 Å². The van der Waals surface area contributed by atoms with Crippen molar-refractivity contribution in [1.29, 1.82) is 0 Å². The molecule has 1 aliphatic rings. The van der Waals surface area contributed by atoms with E-state index in [2.05, 4.69) is 26.6 Å². The number of carbonyl (C=O) groups is 4. The Morgan fingerprint density at radius 3 is 2.42 bits per heavy atom. The molecule has 0 aromatic heterocycles. The molecule has 0 radical (unpaired) electrons. The first-order chi connectivity index (χ1) is 18.3. The molecule has 0 unspecified atom stereocenters. The number of anilines is 2. The Kier molecular flexibility index (Phi) is 8.07. The molecule has 0 spiro atoms. The van der Waals surface area contributed by atoms with E-state index in [4.69, 9.17) is 14.2 Å². The zero-order valence-electron chi connectivity index (χ0n) is 20.3. The summed E-state index contributed by atoms with van der Waals surface area (Å²) in [5, 5.41) is 4.89. The number of ether oxygens (including phenoxy) is 3. The molecule has 4 rings (SSSR count). The van der Waals surface area contributed by atoms with Gasteiger partial charge >= 0.3 is 6.03 Å². The van der Waals surface area contributed by atoms with Crippen molar-refractivity contribution in [2.45, 2.75) is 0 Å². The fourth-order valence-electron chi connectivity index (χ4n) is 3.62. The van der Waals surface area contributed by atoms with Crippen LogP contribution in [0.1, 0.15) is 5.56 Å². The molecule has 1 fully saturated rings. The number of halogens is 1. The number of barbiturate groups is 1. The van der Waals surface area contributed by atoms with Gasteiger partial charge in [-0.2, -0.15) is 0 Å². The van der Waals surface area contributed by atoms with Gasteiger partial charge in [-0.3, -0.25) is 19.7 Å². The predicted molar refractivity (Wildman–Crippen MR) is 143 cm³/mol. The molecule has 3 aromatic carbocycles. The van der Waals surface area contributed by atoms with Crippen molar-refractivity contribution in [2.75, 3.05) is 31.0 Å². The largest absolute Gasteiger partial charge is 0.497 e. The van der Waals surface area contributed by atoms with Gasteiger partial charge in [0.25, 0.3) is 17.7 Å². The van der Waals surface area contributed by atoms with Crippen LogP contribution >= 0.6 is 15.9 Å². The molecular formula is C27H22BrN3O7. The second-order valence-corrected chi connectivity index (χ2v) is 8.79. The Bertz CT molecular complexity index is 1440. The highest BCUT2D eigenvalue weighted by Crippen LogP contribution is 2.29. The van der Waals surface area contributed by atoms with E-state index >= 15 is 0 Å². The maximum absolute atomic E-state index is 13.2. The number of urea groups is 1. The van der Waals surface area contributed by atoms with E-state index in [0.717, 1.165) is 4.90 Å². The van der Waals surface area contributed by atoms with E-state index in [1.54, 1.807) is 54.6 Å². The van der Waals surface area contributed by atoms with E-state index in [0.29, 0.717) is 27.2 Å². The fourth-order valence-corrected chi connectivity index (χ4v) is 4.00. The molecule has 1 saturated heterocycles. The summed E-state index contributed by atoms with van der Waals surface area (Å²) in [7, 11) is 2.99. The number of methoxy groups -OCH3 is 2. The number of imide groups is 2. The van der Waals surface area contributed by atoms with Crippen molar-refractivity contribution >= 4 is 57.1 Å². The van der Waals surface area contributed by atoms with E-state index in [9.17, 15) is 19.2 Å². The molecule has 0 aliphatic carbocycles. The number of carbonyl (C=O) groups excluding carboxylic acids is 4. The minimum Gasteiger partial charge on any atom is -0.497 e. The number of benzene rings is 3. The highest BCUT2D eigenvalue weighted by molar-refractivity contribution is 9.10. The van der Waals surface area contributed by atoms with Crippen molar-refractivity contribution in [3.8, 4) is 17.2 Å². The fraction of sp³-hybridized carbons (Fsp3) is 0.111. The number of hydrogen-bond acceptors (Lipinski definition) is 7. The van der Waals surface area contributed by atoms with Gasteiger partial charge in [0, 0.05) is 10.0 Å².